The molecule has 2 N–H and O–H groups in total. The smallest absolute Gasteiger partial charge is 0.257 e. The first-order valence-corrected chi connectivity index (χ1v) is 10.1. The highest BCUT2D eigenvalue weighted by Crippen LogP contribution is 2.21. The van der Waals surface area contributed by atoms with Crippen LogP contribution in [0.3, 0.4) is 0 Å². The molecule has 0 aliphatic rings. The van der Waals surface area contributed by atoms with Gasteiger partial charge in [0.15, 0.2) is 5.16 Å². The second-order valence-corrected chi connectivity index (χ2v) is 7.06. The van der Waals surface area contributed by atoms with E-state index in [4.69, 9.17) is 4.74 Å². The Labute approximate surface area is 173 Å². The molecule has 0 spiro atoms. The van der Waals surface area contributed by atoms with E-state index in [2.05, 4.69) is 15.6 Å². The number of thioether (sulfide) groups is 1. The maximum absolute atomic E-state index is 12.7. The Morgan fingerprint density at radius 3 is 2.55 bits per heavy atom. The summed E-state index contributed by atoms with van der Waals surface area (Å²) >= 11 is 1.33. The fourth-order valence-electron chi connectivity index (χ4n) is 2.60. The lowest BCUT2D eigenvalue weighted by atomic mass is 10.1. The van der Waals surface area contributed by atoms with Gasteiger partial charge in [0.1, 0.15) is 5.75 Å². The van der Waals surface area contributed by atoms with Crippen molar-refractivity contribution in [2.45, 2.75) is 12.1 Å². The first kappa shape index (κ1) is 20.5. The van der Waals surface area contributed by atoms with Crippen LogP contribution in [0, 0.1) is 0 Å². The second-order valence-electron chi connectivity index (χ2n) is 6.11. The molecule has 0 saturated carbocycles. The van der Waals surface area contributed by atoms with Crippen molar-refractivity contribution in [3.63, 3.8) is 0 Å². The minimum atomic E-state index is -0.304. The molecule has 0 fully saturated rings. The molecular weight excluding hydrogens is 388 g/mol. The van der Waals surface area contributed by atoms with Gasteiger partial charge in [0.25, 0.3) is 5.91 Å². The van der Waals surface area contributed by atoms with Gasteiger partial charge in [-0.25, -0.2) is 4.98 Å². The molecule has 0 unspecified atom stereocenters. The monoisotopic (exact) mass is 410 g/mol. The summed E-state index contributed by atoms with van der Waals surface area (Å²) in [4.78, 5) is 29.2. The Kier molecular flexibility index (Phi) is 6.91. The fraction of sp³-hybridized carbons (Fsp3) is 0.190. The topological polar surface area (TPSA) is 85.2 Å². The van der Waals surface area contributed by atoms with Crippen molar-refractivity contribution in [3.05, 3.63) is 66.5 Å². The first-order chi connectivity index (χ1) is 14.1. The molecule has 0 aliphatic heterocycles. The number of benzene rings is 2. The van der Waals surface area contributed by atoms with E-state index >= 15 is 0 Å². The van der Waals surface area contributed by atoms with Gasteiger partial charge in [-0.3, -0.25) is 9.59 Å². The van der Waals surface area contributed by atoms with Gasteiger partial charge >= 0.3 is 0 Å². The molecule has 0 saturated heterocycles. The first-order valence-electron chi connectivity index (χ1n) is 9.10. The van der Waals surface area contributed by atoms with E-state index in [0.717, 1.165) is 10.9 Å². The van der Waals surface area contributed by atoms with Crippen LogP contribution in [0.25, 0.3) is 0 Å². The van der Waals surface area contributed by atoms with Crippen LogP contribution in [0.5, 0.6) is 5.75 Å². The number of hydrogen-bond donors (Lipinski definition) is 2. The standard InChI is InChI=1S/C21H22N4O3S/c1-3-28-16-10-8-15(9-11-16)23-20(27)17-6-4-5-7-18(17)24-19(26)14-29-21-22-12-13-25(21)2/h4-13H,3,14H2,1-2H3,(H,23,27)(H,24,26). The van der Waals surface area contributed by atoms with Crippen LogP contribution in [0.15, 0.2) is 66.1 Å². The van der Waals surface area contributed by atoms with Crippen molar-refractivity contribution >= 4 is 35.0 Å². The number of amides is 2. The molecule has 3 aromatic rings. The normalized spacial score (nSPS) is 10.4. The van der Waals surface area contributed by atoms with Gasteiger partial charge in [-0.05, 0) is 43.3 Å². The number of anilines is 2. The molecule has 3 rings (SSSR count). The van der Waals surface area contributed by atoms with Gasteiger partial charge in [0.2, 0.25) is 5.91 Å². The third-order valence-electron chi connectivity index (χ3n) is 3.98. The summed E-state index contributed by atoms with van der Waals surface area (Å²) in [7, 11) is 1.87. The van der Waals surface area contributed by atoms with E-state index < -0.39 is 0 Å². The molecule has 0 bridgehead atoms. The zero-order chi connectivity index (χ0) is 20.6. The van der Waals surface area contributed by atoms with Crippen molar-refractivity contribution in [2.24, 2.45) is 7.05 Å². The minimum absolute atomic E-state index is 0.194. The van der Waals surface area contributed by atoms with E-state index in [1.807, 2.05) is 24.7 Å². The molecule has 29 heavy (non-hydrogen) atoms. The van der Waals surface area contributed by atoms with Crippen LogP contribution in [0.1, 0.15) is 17.3 Å². The summed E-state index contributed by atoms with van der Waals surface area (Å²) in [6.07, 6.45) is 3.50. The average molecular weight is 410 g/mol. The number of rotatable bonds is 8. The molecule has 8 heteroatoms. The highest BCUT2D eigenvalue weighted by atomic mass is 32.2. The summed E-state index contributed by atoms with van der Waals surface area (Å²) in [6, 6.07) is 14.0. The van der Waals surface area contributed by atoms with Gasteiger partial charge in [-0.1, -0.05) is 23.9 Å². The van der Waals surface area contributed by atoms with E-state index in [0.29, 0.717) is 23.5 Å². The Morgan fingerprint density at radius 2 is 1.86 bits per heavy atom. The van der Waals surface area contributed by atoms with Crippen LogP contribution < -0.4 is 15.4 Å². The molecule has 0 radical (unpaired) electrons. The van der Waals surface area contributed by atoms with Crippen LogP contribution in [0.4, 0.5) is 11.4 Å². The number of carbonyl (C=O) groups is 2. The molecule has 0 atom stereocenters. The van der Waals surface area contributed by atoms with Crippen LogP contribution in [-0.4, -0.2) is 33.7 Å². The minimum Gasteiger partial charge on any atom is -0.494 e. The van der Waals surface area contributed by atoms with Crippen molar-refractivity contribution < 1.29 is 14.3 Å². The molecule has 1 heterocycles. The molecule has 2 aromatic carbocycles. The zero-order valence-corrected chi connectivity index (χ0v) is 17.0. The van der Waals surface area contributed by atoms with E-state index in [-0.39, 0.29) is 17.6 Å². The lowest BCUT2D eigenvalue weighted by Crippen LogP contribution is -2.19. The van der Waals surface area contributed by atoms with Gasteiger partial charge in [0.05, 0.1) is 23.6 Å². The average Bonchev–Trinajstić information content (AvgIpc) is 3.13. The van der Waals surface area contributed by atoms with E-state index in [1.165, 1.54) is 11.8 Å². The highest BCUT2D eigenvalue weighted by Gasteiger charge is 2.14. The number of ether oxygens (including phenoxy) is 1. The molecule has 7 nitrogen and oxygen atoms in total. The van der Waals surface area contributed by atoms with Crippen molar-refractivity contribution in [3.8, 4) is 5.75 Å². The quantitative estimate of drug-likeness (QED) is 0.552. The summed E-state index contributed by atoms with van der Waals surface area (Å²) in [5, 5.41) is 6.40. The van der Waals surface area contributed by atoms with E-state index in [1.54, 1.807) is 54.7 Å². The van der Waals surface area contributed by atoms with Crippen LogP contribution >= 0.6 is 11.8 Å². The molecular formula is C21H22N4O3S. The molecule has 2 amide bonds. The summed E-state index contributed by atoms with van der Waals surface area (Å²) in [5.41, 5.74) is 1.49. The van der Waals surface area contributed by atoms with E-state index in [9.17, 15) is 9.59 Å². The number of nitrogens with zero attached hydrogens (tertiary/aromatic N) is 2. The molecule has 150 valence electrons. The predicted molar refractivity (Wildman–Crippen MR) is 115 cm³/mol. The SMILES string of the molecule is CCOc1ccc(NC(=O)c2ccccc2NC(=O)CSc2nccn2C)cc1. The number of hydrogen-bond acceptors (Lipinski definition) is 5. The Bertz CT molecular complexity index is 986. The lowest BCUT2D eigenvalue weighted by molar-refractivity contribution is -0.113. The predicted octanol–water partition coefficient (Wildman–Crippen LogP) is 3.80. The molecule has 0 aliphatic carbocycles. The van der Waals surface area contributed by atoms with Gasteiger partial charge < -0.3 is 19.9 Å². The van der Waals surface area contributed by atoms with Crippen LogP contribution in [-0.2, 0) is 11.8 Å². The summed E-state index contributed by atoms with van der Waals surface area (Å²) in [6.45, 7) is 2.49. The number of aromatic nitrogens is 2. The van der Waals surface area contributed by atoms with Gasteiger partial charge in [-0.15, -0.1) is 0 Å². The van der Waals surface area contributed by atoms with Crippen LogP contribution in [0.2, 0.25) is 0 Å². The Morgan fingerprint density at radius 1 is 1.10 bits per heavy atom. The largest absolute Gasteiger partial charge is 0.494 e. The number of nitrogens with one attached hydrogen (secondary N) is 2. The third kappa shape index (κ3) is 5.61. The summed E-state index contributed by atoms with van der Waals surface area (Å²) in [5.74, 6) is 0.421. The highest BCUT2D eigenvalue weighted by molar-refractivity contribution is 7.99. The van der Waals surface area contributed by atoms with Crippen molar-refractivity contribution in [2.75, 3.05) is 23.0 Å². The van der Waals surface area contributed by atoms with Gasteiger partial charge in [-0.2, -0.15) is 0 Å². The zero-order valence-electron chi connectivity index (χ0n) is 16.2. The van der Waals surface area contributed by atoms with Gasteiger partial charge in [0, 0.05) is 25.1 Å². The second kappa shape index (κ2) is 9.79. The lowest BCUT2D eigenvalue weighted by Gasteiger charge is -2.12. The van der Waals surface area contributed by atoms with Crippen molar-refractivity contribution in [1.82, 2.24) is 9.55 Å². The van der Waals surface area contributed by atoms with Crippen molar-refractivity contribution in [1.29, 1.82) is 0 Å². The third-order valence-corrected chi connectivity index (χ3v) is 5.04. The fourth-order valence-corrected chi connectivity index (χ4v) is 3.33. The number of imidazole rings is 1. The number of carbonyl (C=O) groups excluding carboxylic acids is 2. The number of aryl methyl sites for hydroxylation is 1. The Balaban J connectivity index is 1.63. The molecule has 1 aromatic heterocycles. The summed E-state index contributed by atoms with van der Waals surface area (Å²) < 4.78 is 7.25. The maximum atomic E-state index is 12.7. The Hall–Kier alpha value is -3.26. The number of para-hydroxylation sites is 1. The maximum Gasteiger partial charge on any atom is 0.257 e.